The normalized spacial score (nSPS) is 9.47. The summed E-state index contributed by atoms with van der Waals surface area (Å²) in [7, 11) is 0. The number of carbonyl (C=O) groups is 2. The van der Waals surface area contributed by atoms with Gasteiger partial charge in [0, 0.05) is 4.47 Å². The molecule has 3 amide bonds. The lowest BCUT2D eigenvalue weighted by Crippen LogP contribution is -2.44. The maximum atomic E-state index is 11.4. The number of hydrogen-bond acceptors (Lipinski definition) is 2. The molecule has 0 saturated carbocycles. The van der Waals surface area contributed by atoms with Gasteiger partial charge in [0.05, 0.1) is 10.6 Å². The maximum absolute atomic E-state index is 11.4. The second kappa shape index (κ2) is 4.99. The van der Waals surface area contributed by atoms with Gasteiger partial charge in [0.15, 0.2) is 0 Å². The van der Waals surface area contributed by atoms with Crippen LogP contribution in [0.4, 0.5) is 4.79 Å². The first-order valence-corrected chi connectivity index (χ1v) is 4.98. The number of halogens is 2. The molecule has 15 heavy (non-hydrogen) atoms. The van der Waals surface area contributed by atoms with Crippen molar-refractivity contribution >= 4 is 39.5 Å². The topological polar surface area (TPSA) is 84.2 Å². The number of hydrogen-bond donors (Lipinski definition) is 3. The predicted molar refractivity (Wildman–Crippen MR) is 59.3 cm³/mol. The Hall–Kier alpha value is -1.27. The van der Waals surface area contributed by atoms with Gasteiger partial charge < -0.3 is 5.73 Å². The van der Waals surface area contributed by atoms with E-state index in [0.717, 1.165) is 4.47 Å². The van der Waals surface area contributed by atoms with Crippen molar-refractivity contribution in [1.82, 2.24) is 10.9 Å². The van der Waals surface area contributed by atoms with Crippen LogP contribution < -0.4 is 16.6 Å². The molecule has 1 aromatic rings. The van der Waals surface area contributed by atoms with E-state index in [4.69, 9.17) is 17.3 Å². The zero-order valence-corrected chi connectivity index (χ0v) is 9.72. The van der Waals surface area contributed by atoms with E-state index in [1.807, 2.05) is 5.43 Å². The number of amides is 3. The molecule has 0 fully saturated rings. The summed E-state index contributed by atoms with van der Waals surface area (Å²) in [6.45, 7) is 0. The van der Waals surface area contributed by atoms with Gasteiger partial charge in [-0.3, -0.25) is 10.2 Å². The molecule has 0 aliphatic heterocycles. The van der Waals surface area contributed by atoms with E-state index in [1.54, 1.807) is 12.1 Å². The molecule has 80 valence electrons. The predicted octanol–water partition coefficient (Wildman–Crippen LogP) is 1.42. The van der Waals surface area contributed by atoms with E-state index < -0.39 is 11.9 Å². The molecule has 0 saturated heterocycles. The Balaban J connectivity index is 2.78. The molecule has 0 radical (unpaired) electrons. The van der Waals surface area contributed by atoms with Gasteiger partial charge in [-0.25, -0.2) is 10.2 Å². The van der Waals surface area contributed by atoms with Gasteiger partial charge in [0.25, 0.3) is 5.91 Å². The minimum Gasteiger partial charge on any atom is -0.350 e. The Morgan fingerprint density at radius 1 is 1.33 bits per heavy atom. The van der Waals surface area contributed by atoms with E-state index >= 15 is 0 Å². The Morgan fingerprint density at radius 2 is 2.00 bits per heavy atom. The molecule has 0 spiro atoms. The monoisotopic (exact) mass is 291 g/mol. The van der Waals surface area contributed by atoms with Crippen LogP contribution in [0, 0.1) is 0 Å². The van der Waals surface area contributed by atoms with Crippen molar-refractivity contribution < 1.29 is 9.59 Å². The first kappa shape index (κ1) is 11.8. The van der Waals surface area contributed by atoms with Crippen LogP contribution in [-0.2, 0) is 0 Å². The van der Waals surface area contributed by atoms with E-state index in [0.29, 0.717) is 0 Å². The van der Waals surface area contributed by atoms with Crippen LogP contribution >= 0.6 is 27.5 Å². The second-order valence-corrected chi connectivity index (χ2v) is 3.89. The first-order chi connectivity index (χ1) is 7.00. The van der Waals surface area contributed by atoms with Crippen molar-refractivity contribution in [3.8, 4) is 0 Å². The molecule has 5 nitrogen and oxygen atoms in total. The van der Waals surface area contributed by atoms with Crippen LogP contribution in [0.25, 0.3) is 0 Å². The van der Waals surface area contributed by atoms with Gasteiger partial charge in [0.2, 0.25) is 0 Å². The van der Waals surface area contributed by atoms with Gasteiger partial charge >= 0.3 is 6.03 Å². The third kappa shape index (κ3) is 3.41. The number of carbonyl (C=O) groups excluding carboxylic acids is 2. The third-order valence-corrected chi connectivity index (χ3v) is 2.28. The van der Waals surface area contributed by atoms with E-state index in [-0.39, 0.29) is 10.6 Å². The van der Waals surface area contributed by atoms with Crippen molar-refractivity contribution in [3.63, 3.8) is 0 Å². The fourth-order valence-corrected chi connectivity index (χ4v) is 1.62. The molecule has 0 aromatic heterocycles. The fourth-order valence-electron chi connectivity index (χ4n) is 0.859. The summed E-state index contributed by atoms with van der Waals surface area (Å²) in [6, 6.07) is 3.90. The van der Waals surface area contributed by atoms with Gasteiger partial charge in [-0.1, -0.05) is 27.5 Å². The molecule has 0 atom stereocenters. The lowest BCUT2D eigenvalue weighted by Gasteiger charge is -2.06. The Bertz CT molecular complexity index is 411. The van der Waals surface area contributed by atoms with Crippen LogP contribution in [0.2, 0.25) is 5.02 Å². The highest BCUT2D eigenvalue weighted by atomic mass is 79.9. The Kier molecular flexibility index (Phi) is 3.93. The smallest absolute Gasteiger partial charge is 0.330 e. The highest BCUT2D eigenvalue weighted by molar-refractivity contribution is 9.10. The molecule has 4 N–H and O–H groups in total. The molecule has 1 rings (SSSR count). The first-order valence-electron chi connectivity index (χ1n) is 3.81. The number of hydrazine groups is 1. The Labute approximate surface area is 99.1 Å². The molecule has 0 unspecified atom stereocenters. The lowest BCUT2D eigenvalue weighted by molar-refractivity contribution is 0.0937. The van der Waals surface area contributed by atoms with E-state index in [9.17, 15) is 9.59 Å². The highest BCUT2D eigenvalue weighted by Gasteiger charge is 2.10. The third-order valence-electron chi connectivity index (χ3n) is 1.47. The molecular weight excluding hydrogens is 285 g/mol. The number of nitrogens with one attached hydrogen (secondary N) is 2. The van der Waals surface area contributed by atoms with Crippen molar-refractivity contribution in [3.05, 3.63) is 33.3 Å². The number of urea groups is 1. The average Bonchev–Trinajstić information content (AvgIpc) is 2.14. The van der Waals surface area contributed by atoms with Gasteiger partial charge in [-0.2, -0.15) is 0 Å². The van der Waals surface area contributed by atoms with Crippen LogP contribution in [-0.4, -0.2) is 11.9 Å². The van der Waals surface area contributed by atoms with Crippen molar-refractivity contribution in [1.29, 1.82) is 0 Å². The zero-order valence-electron chi connectivity index (χ0n) is 7.38. The lowest BCUT2D eigenvalue weighted by atomic mass is 10.2. The molecular formula is C8H7BrClN3O2. The van der Waals surface area contributed by atoms with E-state index in [1.165, 1.54) is 6.07 Å². The van der Waals surface area contributed by atoms with Crippen LogP contribution in [0.5, 0.6) is 0 Å². The minimum absolute atomic E-state index is 0.244. The second-order valence-electron chi connectivity index (χ2n) is 2.57. The average molecular weight is 293 g/mol. The summed E-state index contributed by atoms with van der Waals surface area (Å²) in [5.41, 5.74) is 9.07. The number of benzene rings is 1. The summed E-state index contributed by atoms with van der Waals surface area (Å²) >= 11 is 9.01. The summed E-state index contributed by atoms with van der Waals surface area (Å²) in [5.74, 6) is -0.536. The van der Waals surface area contributed by atoms with Gasteiger partial charge in [0.1, 0.15) is 0 Å². The zero-order chi connectivity index (χ0) is 11.4. The standard InChI is InChI=1S/C8H7BrClN3O2/c9-4-1-2-5(6(10)3-4)7(14)12-13-8(11)15/h1-3H,(H,12,14)(H3,11,13,15). The highest BCUT2D eigenvalue weighted by Crippen LogP contribution is 2.20. The number of primary amides is 1. The van der Waals surface area contributed by atoms with Crippen LogP contribution in [0.1, 0.15) is 10.4 Å². The fraction of sp³-hybridized carbons (Fsp3) is 0. The Morgan fingerprint density at radius 3 is 2.53 bits per heavy atom. The van der Waals surface area contributed by atoms with Crippen molar-refractivity contribution in [2.75, 3.05) is 0 Å². The van der Waals surface area contributed by atoms with Gasteiger partial charge in [-0.15, -0.1) is 0 Å². The molecule has 1 aromatic carbocycles. The van der Waals surface area contributed by atoms with Gasteiger partial charge in [-0.05, 0) is 18.2 Å². The van der Waals surface area contributed by atoms with Crippen molar-refractivity contribution in [2.24, 2.45) is 5.73 Å². The SMILES string of the molecule is NC(=O)NNC(=O)c1ccc(Br)cc1Cl. The maximum Gasteiger partial charge on any atom is 0.330 e. The van der Waals surface area contributed by atoms with E-state index in [2.05, 4.69) is 21.4 Å². The number of rotatable bonds is 1. The largest absolute Gasteiger partial charge is 0.350 e. The molecule has 7 heteroatoms. The number of nitrogens with two attached hydrogens (primary N) is 1. The van der Waals surface area contributed by atoms with Crippen LogP contribution in [0.3, 0.4) is 0 Å². The quantitative estimate of drug-likeness (QED) is 0.684. The molecule has 0 aliphatic rings. The van der Waals surface area contributed by atoms with Crippen LogP contribution in [0.15, 0.2) is 22.7 Å². The molecule has 0 heterocycles. The van der Waals surface area contributed by atoms with Crippen molar-refractivity contribution in [2.45, 2.75) is 0 Å². The summed E-state index contributed by atoms with van der Waals surface area (Å²) in [5, 5.41) is 0.271. The molecule has 0 aliphatic carbocycles. The minimum atomic E-state index is -0.850. The summed E-state index contributed by atoms with van der Waals surface area (Å²) in [4.78, 5) is 21.7. The molecule has 0 bridgehead atoms. The summed E-state index contributed by atoms with van der Waals surface area (Å²) < 4.78 is 0.756. The summed E-state index contributed by atoms with van der Waals surface area (Å²) in [6.07, 6.45) is 0.